The van der Waals surface area contributed by atoms with Crippen LogP contribution in [0.5, 0.6) is 0 Å². The van der Waals surface area contributed by atoms with E-state index in [2.05, 4.69) is 54.4 Å². The fraction of sp³-hybridized carbons (Fsp3) is 0.118. The van der Waals surface area contributed by atoms with Crippen LogP contribution in [0.2, 0.25) is 0 Å². The molecule has 0 N–H and O–H groups in total. The van der Waals surface area contributed by atoms with Crippen LogP contribution in [0.15, 0.2) is 53.6 Å². The molecule has 3 rings (SSSR count). The highest BCUT2D eigenvalue weighted by molar-refractivity contribution is 7.98. The lowest BCUT2D eigenvalue weighted by molar-refractivity contribution is 1.29. The van der Waals surface area contributed by atoms with Crippen molar-refractivity contribution < 1.29 is 0 Å². The van der Waals surface area contributed by atoms with Gasteiger partial charge in [-0.3, -0.25) is 3.97 Å². The monoisotopic (exact) mass is 278 g/mol. The quantitative estimate of drug-likeness (QED) is 0.680. The molecular weight excluding hydrogens is 264 g/mol. The van der Waals surface area contributed by atoms with Crippen LogP contribution in [0.4, 0.5) is 0 Å². The number of aryl methyl sites for hydroxylation is 2. The van der Waals surface area contributed by atoms with Gasteiger partial charge in [-0.25, -0.2) is 0 Å². The first-order valence-electron chi connectivity index (χ1n) is 6.44. The van der Waals surface area contributed by atoms with Gasteiger partial charge in [0.05, 0.1) is 17.1 Å². The summed E-state index contributed by atoms with van der Waals surface area (Å²) >= 11 is 1.69. The smallest absolute Gasteiger partial charge is 0.0991 e. The van der Waals surface area contributed by atoms with Crippen molar-refractivity contribution in [2.45, 2.75) is 18.7 Å². The summed E-state index contributed by atoms with van der Waals surface area (Å²) in [6.07, 6.45) is 2.12. The third-order valence-electron chi connectivity index (χ3n) is 3.32. The number of nitrogens with zero attached hydrogens (tertiary/aromatic N) is 2. The topological polar surface area (TPSA) is 28.7 Å². The Morgan fingerprint density at radius 2 is 1.80 bits per heavy atom. The molecule has 1 aromatic heterocycles. The predicted octanol–water partition coefficient (Wildman–Crippen LogP) is 4.69. The molecule has 2 nitrogen and oxygen atoms in total. The molecule has 0 aliphatic rings. The lowest BCUT2D eigenvalue weighted by Gasteiger charge is -2.04. The van der Waals surface area contributed by atoms with E-state index in [4.69, 9.17) is 5.26 Å². The molecule has 0 unspecified atom stereocenters. The molecule has 3 heteroatoms. The van der Waals surface area contributed by atoms with Gasteiger partial charge in [-0.05, 0) is 61.7 Å². The predicted molar refractivity (Wildman–Crippen MR) is 83.8 cm³/mol. The Hall–Kier alpha value is -2.18. The number of hydrogen-bond donors (Lipinski definition) is 0. The maximum Gasteiger partial charge on any atom is 0.0991 e. The third-order valence-corrected chi connectivity index (χ3v) is 4.31. The van der Waals surface area contributed by atoms with Crippen molar-refractivity contribution in [3.63, 3.8) is 0 Å². The number of aromatic nitrogens is 1. The summed E-state index contributed by atoms with van der Waals surface area (Å²) in [5.74, 6) is 0. The molecule has 20 heavy (non-hydrogen) atoms. The van der Waals surface area contributed by atoms with Gasteiger partial charge in [0.25, 0.3) is 0 Å². The van der Waals surface area contributed by atoms with E-state index in [1.54, 1.807) is 11.9 Å². The fourth-order valence-corrected chi connectivity index (χ4v) is 3.17. The van der Waals surface area contributed by atoms with Gasteiger partial charge < -0.3 is 0 Å². The van der Waals surface area contributed by atoms with Crippen LogP contribution in [-0.2, 0) is 0 Å². The van der Waals surface area contributed by atoms with E-state index in [1.807, 2.05) is 18.2 Å². The molecule has 2 aromatic carbocycles. The van der Waals surface area contributed by atoms with E-state index in [0.29, 0.717) is 5.56 Å². The summed E-state index contributed by atoms with van der Waals surface area (Å²) in [4.78, 5) is 1.21. The zero-order valence-corrected chi connectivity index (χ0v) is 12.2. The van der Waals surface area contributed by atoms with Crippen molar-refractivity contribution in [2.75, 3.05) is 0 Å². The van der Waals surface area contributed by atoms with Gasteiger partial charge in [0.15, 0.2) is 0 Å². The standard InChI is InChI=1S/C17H14N2S/c1-12-3-6-15(7-4-12)20-19-11-13(2)16-9-14(10-18)5-8-17(16)19/h3-9,11H,1-2H3. The van der Waals surface area contributed by atoms with Crippen LogP contribution < -0.4 is 0 Å². The second-order valence-corrected chi connectivity index (χ2v) is 5.93. The SMILES string of the molecule is Cc1ccc(Sn2cc(C)c3cc(C#N)ccc32)cc1. The van der Waals surface area contributed by atoms with Gasteiger partial charge in [0.1, 0.15) is 0 Å². The Kier molecular flexibility index (Phi) is 3.25. The molecule has 0 saturated carbocycles. The number of rotatable bonds is 2. The Morgan fingerprint density at radius 1 is 1.05 bits per heavy atom. The summed E-state index contributed by atoms with van der Waals surface area (Å²) in [5, 5.41) is 10.1. The number of benzene rings is 2. The van der Waals surface area contributed by atoms with Crippen LogP contribution in [0.3, 0.4) is 0 Å². The number of fused-ring (bicyclic) bond motifs is 1. The van der Waals surface area contributed by atoms with Crippen LogP contribution >= 0.6 is 11.9 Å². The molecule has 0 amide bonds. The van der Waals surface area contributed by atoms with E-state index in [1.165, 1.54) is 16.0 Å². The normalized spacial score (nSPS) is 10.7. The molecule has 98 valence electrons. The van der Waals surface area contributed by atoms with Gasteiger partial charge in [-0.1, -0.05) is 17.7 Å². The van der Waals surface area contributed by atoms with Crippen molar-refractivity contribution in [3.8, 4) is 6.07 Å². The molecule has 0 bridgehead atoms. The largest absolute Gasteiger partial charge is 0.287 e. The van der Waals surface area contributed by atoms with Crippen molar-refractivity contribution in [1.29, 1.82) is 5.26 Å². The second-order valence-electron chi connectivity index (χ2n) is 4.89. The minimum absolute atomic E-state index is 0.707. The highest BCUT2D eigenvalue weighted by Gasteiger charge is 2.07. The molecule has 0 atom stereocenters. The van der Waals surface area contributed by atoms with E-state index >= 15 is 0 Å². The number of nitriles is 1. The minimum atomic E-state index is 0.707. The molecule has 0 fully saturated rings. The van der Waals surface area contributed by atoms with Crippen molar-refractivity contribution in [1.82, 2.24) is 3.97 Å². The van der Waals surface area contributed by atoms with Crippen molar-refractivity contribution in [3.05, 3.63) is 65.4 Å². The highest BCUT2D eigenvalue weighted by Crippen LogP contribution is 2.29. The Morgan fingerprint density at radius 3 is 2.50 bits per heavy atom. The maximum absolute atomic E-state index is 8.99. The van der Waals surface area contributed by atoms with Gasteiger partial charge in [-0.2, -0.15) is 5.26 Å². The molecule has 0 spiro atoms. The molecule has 0 aliphatic carbocycles. The van der Waals surface area contributed by atoms with E-state index in [9.17, 15) is 0 Å². The Balaban J connectivity index is 2.04. The second kappa shape index (κ2) is 5.07. The number of hydrogen-bond acceptors (Lipinski definition) is 2. The molecule has 0 saturated heterocycles. The molecular formula is C17H14N2S. The van der Waals surface area contributed by atoms with Gasteiger partial charge in [0, 0.05) is 16.5 Å². The van der Waals surface area contributed by atoms with Gasteiger partial charge in [-0.15, -0.1) is 0 Å². The maximum atomic E-state index is 8.99. The molecule has 1 heterocycles. The molecule has 0 radical (unpaired) electrons. The zero-order chi connectivity index (χ0) is 14.1. The lowest BCUT2D eigenvalue weighted by atomic mass is 10.1. The van der Waals surface area contributed by atoms with Crippen molar-refractivity contribution in [2.24, 2.45) is 0 Å². The van der Waals surface area contributed by atoms with E-state index in [0.717, 1.165) is 10.9 Å². The van der Waals surface area contributed by atoms with Crippen LogP contribution in [0, 0.1) is 25.2 Å². The summed E-state index contributed by atoms with van der Waals surface area (Å²) in [6.45, 7) is 4.17. The minimum Gasteiger partial charge on any atom is -0.287 e. The van der Waals surface area contributed by atoms with Crippen molar-refractivity contribution >= 4 is 22.9 Å². The van der Waals surface area contributed by atoms with E-state index in [-0.39, 0.29) is 0 Å². The first kappa shape index (κ1) is 12.8. The fourth-order valence-electron chi connectivity index (χ4n) is 2.22. The summed E-state index contributed by atoms with van der Waals surface area (Å²) in [7, 11) is 0. The van der Waals surface area contributed by atoms with Gasteiger partial charge in [0.2, 0.25) is 0 Å². The lowest BCUT2D eigenvalue weighted by Crippen LogP contribution is -1.85. The van der Waals surface area contributed by atoms with Crippen LogP contribution in [-0.4, -0.2) is 3.97 Å². The van der Waals surface area contributed by atoms with Crippen LogP contribution in [0.1, 0.15) is 16.7 Å². The highest BCUT2D eigenvalue weighted by atomic mass is 32.2. The summed E-state index contributed by atoms with van der Waals surface area (Å²) in [6, 6.07) is 16.5. The molecule has 3 aromatic rings. The van der Waals surface area contributed by atoms with Gasteiger partial charge >= 0.3 is 0 Å². The average molecular weight is 278 g/mol. The zero-order valence-electron chi connectivity index (χ0n) is 11.4. The first-order valence-corrected chi connectivity index (χ1v) is 7.21. The molecule has 0 aliphatic heterocycles. The Labute approximate surface area is 122 Å². The van der Waals surface area contributed by atoms with Crippen LogP contribution in [0.25, 0.3) is 10.9 Å². The Bertz CT molecular complexity index is 807. The summed E-state index contributed by atoms with van der Waals surface area (Å²) < 4.78 is 2.16. The average Bonchev–Trinajstić information content (AvgIpc) is 2.77. The summed E-state index contributed by atoms with van der Waals surface area (Å²) in [5.41, 5.74) is 4.31. The first-order chi connectivity index (χ1) is 9.67. The van der Waals surface area contributed by atoms with E-state index < -0.39 is 0 Å². The third kappa shape index (κ3) is 2.31.